The van der Waals surface area contributed by atoms with Crippen LogP contribution in [0.3, 0.4) is 0 Å². The Labute approximate surface area is 166 Å². The molecule has 9 nitrogen and oxygen atoms in total. The normalized spacial score (nSPS) is 11.3. The maximum Gasteiger partial charge on any atom is 0.631 e. The summed E-state index contributed by atoms with van der Waals surface area (Å²) in [5.41, 5.74) is 4.80. The van der Waals surface area contributed by atoms with E-state index in [4.69, 9.17) is 43.4 Å². The summed E-state index contributed by atoms with van der Waals surface area (Å²) in [5.74, 6) is -2.11. The van der Waals surface area contributed by atoms with Gasteiger partial charge in [-0.1, -0.05) is 37.0 Å². The number of carboxylic acids is 1. The molecule has 1 rings (SSSR count). The van der Waals surface area contributed by atoms with Gasteiger partial charge in [0.05, 0.1) is 11.4 Å². The Morgan fingerprint density at radius 1 is 1.15 bits per heavy atom. The Bertz CT molecular complexity index is 656. The highest BCUT2D eigenvalue weighted by Gasteiger charge is 2.20. The van der Waals surface area contributed by atoms with Crippen LogP contribution in [0.5, 0.6) is 0 Å². The van der Waals surface area contributed by atoms with E-state index in [1.165, 1.54) is 18.2 Å². The minimum absolute atomic E-state index is 0.132. The summed E-state index contributed by atoms with van der Waals surface area (Å²) in [7, 11) is -2.17. The largest absolute Gasteiger partial charge is 0.631 e. The fraction of sp³-hybridized carbons (Fsp3) is 0.400. The minimum Gasteiger partial charge on any atom is -0.480 e. The number of amides is 1. The molecule has 0 radical (unpaired) electrons. The van der Waals surface area contributed by atoms with Crippen molar-refractivity contribution >= 4 is 48.2 Å². The molecule has 0 heterocycles. The van der Waals surface area contributed by atoms with Gasteiger partial charge in [0, 0.05) is 10.6 Å². The molecule has 1 atom stereocenters. The second kappa shape index (κ2) is 12.7. The molecule has 1 aromatic rings. The smallest absolute Gasteiger partial charge is 0.480 e. The number of hydrogen-bond acceptors (Lipinski definition) is 7. The molecule has 150 valence electrons. The molecule has 0 aliphatic heterocycles. The van der Waals surface area contributed by atoms with E-state index in [2.05, 4.69) is 10.9 Å². The van der Waals surface area contributed by atoms with E-state index in [1.807, 2.05) is 13.8 Å². The molecule has 0 aromatic heterocycles. The molecule has 0 fully saturated rings. The average molecular weight is 423 g/mol. The average Bonchev–Trinajstić information content (AvgIpc) is 2.52. The number of benzene rings is 1. The van der Waals surface area contributed by atoms with Gasteiger partial charge in [-0.05, 0) is 30.5 Å². The fourth-order valence-electron chi connectivity index (χ4n) is 1.86. The Morgan fingerprint density at radius 3 is 2.19 bits per heavy atom. The van der Waals surface area contributed by atoms with Crippen LogP contribution in [0.2, 0.25) is 10.0 Å². The van der Waals surface area contributed by atoms with Crippen LogP contribution in [0, 0.1) is 5.92 Å². The third kappa shape index (κ3) is 11.6. The maximum atomic E-state index is 12.0. The number of carbonyl (C=O) groups excluding carboxylic acids is 2. The molecule has 12 heteroatoms. The van der Waals surface area contributed by atoms with E-state index >= 15 is 0 Å². The van der Waals surface area contributed by atoms with Gasteiger partial charge < -0.3 is 20.2 Å². The summed E-state index contributed by atoms with van der Waals surface area (Å²) in [6, 6.07) is 3.46. The van der Waals surface area contributed by atoms with Gasteiger partial charge in [0.1, 0.15) is 6.04 Å². The topological polar surface area (TPSA) is 156 Å². The van der Waals surface area contributed by atoms with Crippen LogP contribution in [0.1, 0.15) is 37.0 Å². The van der Waals surface area contributed by atoms with Crippen molar-refractivity contribution in [3.63, 3.8) is 0 Å². The van der Waals surface area contributed by atoms with Gasteiger partial charge in [-0.3, -0.25) is 19.8 Å². The van der Waals surface area contributed by atoms with Crippen molar-refractivity contribution in [1.82, 2.24) is 10.9 Å². The molecule has 1 aromatic carbocycles. The highest BCUT2D eigenvalue weighted by Crippen LogP contribution is 2.21. The predicted octanol–water partition coefficient (Wildman–Crippen LogP) is 0.634. The molecule has 0 aliphatic rings. The van der Waals surface area contributed by atoms with Crippen molar-refractivity contribution in [3.8, 4) is 0 Å². The van der Waals surface area contributed by atoms with Gasteiger partial charge in [0.2, 0.25) is 5.91 Å². The van der Waals surface area contributed by atoms with Gasteiger partial charge in [-0.15, -0.1) is 0 Å². The lowest BCUT2D eigenvalue weighted by molar-refractivity contribution is -0.140. The van der Waals surface area contributed by atoms with E-state index in [1.54, 1.807) is 0 Å². The second-order valence-electron chi connectivity index (χ2n) is 5.78. The van der Waals surface area contributed by atoms with Crippen molar-refractivity contribution in [1.29, 1.82) is 0 Å². The molecule has 0 saturated heterocycles. The van der Waals surface area contributed by atoms with Crippen LogP contribution in [0.4, 0.5) is 0 Å². The number of aliphatic carboxylic acids is 1. The maximum absolute atomic E-state index is 12.0. The Hall–Kier alpha value is -1.69. The van der Waals surface area contributed by atoms with Crippen LogP contribution in [0.25, 0.3) is 0 Å². The van der Waals surface area contributed by atoms with Crippen LogP contribution in [-0.4, -0.2) is 51.2 Å². The summed E-state index contributed by atoms with van der Waals surface area (Å²) in [6.07, 6.45) is -0.134. The number of halogens is 2. The molecule has 27 heavy (non-hydrogen) atoms. The van der Waals surface area contributed by atoms with Crippen molar-refractivity contribution in [3.05, 3.63) is 33.8 Å². The molecule has 0 aliphatic carbocycles. The monoisotopic (exact) mass is 422 g/mol. The number of ketones is 1. The van der Waals surface area contributed by atoms with Crippen LogP contribution < -0.4 is 10.9 Å². The number of carboxylic acid groups (broad SMARTS) is 1. The lowest BCUT2D eigenvalue weighted by Crippen LogP contribution is -2.49. The Kier molecular flexibility index (Phi) is 11.9. The molecular weight excluding hydrogens is 402 g/mol. The molecule has 0 saturated carbocycles. The van der Waals surface area contributed by atoms with E-state index in [9.17, 15) is 14.4 Å². The van der Waals surface area contributed by atoms with Crippen LogP contribution in [0.15, 0.2) is 18.2 Å². The number of hydrogen-bond donors (Lipinski definition) is 6. The number of hydrazine groups is 1. The summed E-state index contributed by atoms with van der Waals surface area (Å²) in [6.45, 7) is 3.73. The third-order valence-corrected chi connectivity index (χ3v) is 3.51. The minimum atomic E-state index is -2.17. The van der Waals surface area contributed by atoms with Gasteiger partial charge in [-0.2, -0.15) is 0 Å². The van der Waals surface area contributed by atoms with E-state index < -0.39 is 37.4 Å². The van der Waals surface area contributed by atoms with E-state index in [0.717, 1.165) is 0 Å². The van der Waals surface area contributed by atoms with Crippen molar-refractivity contribution in [2.45, 2.75) is 32.7 Å². The Morgan fingerprint density at radius 2 is 1.70 bits per heavy atom. The molecular formula is C15H21BCl2N2O7. The summed E-state index contributed by atoms with van der Waals surface area (Å²) in [4.78, 5) is 34.9. The number of carbonyl (C=O) groups is 3. The van der Waals surface area contributed by atoms with Crippen molar-refractivity contribution < 1.29 is 34.6 Å². The highest BCUT2D eigenvalue weighted by atomic mass is 35.5. The van der Waals surface area contributed by atoms with Crippen LogP contribution in [-0.2, 0) is 9.59 Å². The SMILES string of the molecule is CC(C)C[C@@H](NNC(=O)CC(=O)c1cc(Cl)ccc1Cl)C(=O)O.OB(O)O. The van der Waals surface area contributed by atoms with Crippen LogP contribution >= 0.6 is 23.2 Å². The standard InChI is InChI=1S/C15H18Cl2N2O4.BH3O3/c1-8(2)5-12(15(22)23)18-19-14(21)7-13(20)10-6-9(16)3-4-11(10)17;2-1(3)4/h3-4,6,8,12,18H,5,7H2,1-2H3,(H,19,21)(H,22,23);2-4H/t12-;/m1./s1. The molecule has 0 unspecified atom stereocenters. The molecule has 0 spiro atoms. The number of Topliss-reactive ketones (excluding diaryl/α,β-unsaturated/α-hetero) is 1. The van der Waals surface area contributed by atoms with E-state index in [-0.39, 0.29) is 16.5 Å². The zero-order valence-corrected chi connectivity index (χ0v) is 16.2. The third-order valence-electron chi connectivity index (χ3n) is 2.94. The van der Waals surface area contributed by atoms with Gasteiger partial charge in [0.25, 0.3) is 0 Å². The van der Waals surface area contributed by atoms with Gasteiger partial charge >= 0.3 is 13.3 Å². The highest BCUT2D eigenvalue weighted by molar-refractivity contribution is 6.36. The first-order valence-corrected chi connectivity index (χ1v) is 8.49. The number of nitrogens with one attached hydrogen (secondary N) is 2. The summed E-state index contributed by atoms with van der Waals surface area (Å²) in [5, 5.41) is 31.1. The molecule has 6 N–H and O–H groups in total. The number of rotatable bonds is 8. The predicted molar refractivity (Wildman–Crippen MR) is 100.0 cm³/mol. The fourth-order valence-corrected chi connectivity index (χ4v) is 2.25. The van der Waals surface area contributed by atoms with Crippen molar-refractivity contribution in [2.75, 3.05) is 0 Å². The molecule has 0 bridgehead atoms. The van der Waals surface area contributed by atoms with E-state index in [0.29, 0.717) is 11.4 Å². The summed E-state index contributed by atoms with van der Waals surface area (Å²) < 4.78 is 0. The zero-order chi connectivity index (χ0) is 21.1. The summed E-state index contributed by atoms with van der Waals surface area (Å²) >= 11 is 11.7. The zero-order valence-electron chi connectivity index (χ0n) is 14.6. The molecule has 1 amide bonds. The first kappa shape index (κ1) is 25.3. The lowest BCUT2D eigenvalue weighted by atomic mass is 10.0. The first-order chi connectivity index (χ1) is 12.4. The lowest BCUT2D eigenvalue weighted by Gasteiger charge is -2.17. The van der Waals surface area contributed by atoms with Gasteiger partial charge in [-0.25, -0.2) is 5.43 Å². The van der Waals surface area contributed by atoms with Crippen molar-refractivity contribution in [2.24, 2.45) is 5.92 Å². The first-order valence-electron chi connectivity index (χ1n) is 7.73. The second-order valence-corrected chi connectivity index (χ2v) is 6.63. The quantitative estimate of drug-likeness (QED) is 0.154. The van der Waals surface area contributed by atoms with Gasteiger partial charge in [0.15, 0.2) is 5.78 Å². The Balaban J connectivity index is 0.00000153.